The summed E-state index contributed by atoms with van der Waals surface area (Å²) in [7, 11) is 0. The molecule has 0 radical (unpaired) electrons. The molecule has 0 bridgehead atoms. The Balaban J connectivity index is 2.15. The molecule has 1 aromatic carbocycles. The van der Waals surface area contributed by atoms with Crippen LogP contribution < -0.4 is 15.1 Å². The third kappa shape index (κ3) is 5.89. The number of fused-ring (bicyclic) bond motifs is 1. The Hall–Kier alpha value is -2.73. The second kappa shape index (κ2) is 9.83. The summed E-state index contributed by atoms with van der Waals surface area (Å²) < 4.78 is 16.0. The van der Waals surface area contributed by atoms with Gasteiger partial charge in [-0.1, -0.05) is 17.2 Å². The zero-order chi connectivity index (χ0) is 19.8. The smallest absolute Gasteiger partial charge is 0.383 e. The molecule has 0 amide bonds. The molecule has 1 heterocycles. The predicted molar refractivity (Wildman–Crippen MR) is 105 cm³/mol. The third-order valence-corrected chi connectivity index (χ3v) is 3.92. The number of hydrogen-bond acceptors (Lipinski definition) is 6. The average Bonchev–Trinajstić information content (AvgIpc) is 2.62. The van der Waals surface area contributed by atoms with Crippen molar-refractivity contribution in [2.75, 3.05) is 19.8 Å². The first kappa shape index (κ1) is 20.6. The van der Waals surface area contributed by atoms with Crippen molar-refractivity contribution in [3.05, 3.63) is 51.9 Å². The van der Waals surface area contributed by atoms with Gasteiger partial charge in [0.15, 0.2) is 5.75 Å². The molecule has 1 aromatic heterocycles. The highest BCUT2D eigenvalue weighted by molar-refractivity contribution is 5.86. The normalized spacial score (nSPS) is 11.5. The lowest BCUT2D eigenvalue weighted by Crippen LogP contribution is -2.08. The van der Waals surface area contributed by atoms with E-state index in [0.717, 1.165) is 18.4 Å². The second-order valence-electron chi connectivity index (χ2n) is 6.48. The first-order valence-electron chi connectivity index (χ1n) is 8.87. The Morgan fingerprint density at radius 1 is 1.19 bits per heavy atom. The first-order valence-corrected chi connectivity index (χ1v) is 8.87. The fourth-order valence-electron chi connectivity index (χ4n) is 2.49. The quantitative estimate of drug-likeness (QED) is 0.510. The molecule has 0 saturated heterocycles. The minimum Gasteiger partial charge on any atom is -0.504 e. The molecule has 0 unspecified atom stereocenters. The number of allylic oxidation sites excluding steroid dienone is 3. The molecule has 0 fully saturated rings. The molecule has 0 aliphatic rings. The van der Waals surface area contributed by atoms with Crippen molar-refractivity contribution in [2.24, 2.45) is 0 Å². The number of aliphatic hydroxyl groups is 1. The van der Waals surface area contributed by atoms with Crippen molar-refractivity contribution in [3.63, 3.8) is 0 Å². The summed E-state index contributed by atoms with van der Waals surface area (Å²) in [6.45, 7) is 6.28. The Morgan fingerprint density at radius 3 is 2.67 bits per heavy atom. The Kier molecular flexibility index (Phi) is 7.49. The van der Waals surface area contributed by atoms with Crippen LogP contribution in [0.5, 0.6) is 17.2 Å². The maximum atomic E-state index is 12.1. The van der Waals surface area contributed by atoms with Crippen molar-refractivity contribution in [3.8, 4) is 17.2 Å². The van der Waals surface area contributed by atoms with E-state index in [0.29, 0.717) is 11.1 Å². The molecule has 2 N–H and O–H groups in total. The number of rotatable bonds is 9. The fraction of sp³-hybridized carbons (Fsp3) is 0.381. The molecule has 0 saturated carbocycles. The van der Waals surface area contributed by atoms with E-state index in [1.165, 1.54) is 17.7 Å². The number of aliphatic hydroxyl groups excluding tert-OH is 1. The van der Waals surface area contributed by atoms with Crippen LogP contribution in [0.2, 0.25) is 0 Å². The summed E-state index contributed by atoms with van der Waals surface area (Å²) >= 11 is 0. The van der Waals surface area contributed by atoms with E-state index >= 15 is 0 Å². The summed E-state index contributed by atoms with van der Waals surface area (Å²) in [6.07, 6.45) is 5.89. The van der Waals surface area contributed by atoms with Crippen LogP contribution in [-0.4, -0.2) is 30.0 Å². The minimum atomic E-state index is -0.736. The Morgan fingerprint density at radius 2 is 1.96 bits per heavy atom. The lowest BCUT2D eigenvalue weighted by molar-refractivity contribution is 0.201. The van der Waals surface area contributed by atoms with Crippen LogP contribution in [0.1, 0.15) is 33.6 Å². The van der Waals surface area contributed by atoms with Crippen molar-refractivity contribution < 1.29 is 24.1 Å². The van der Waals surface area contributed by atoms with Crippen molar-refractivity contribution in [1.29, 1.82) is 0 Å². The van der Waals surface area contributed by atoms with E-state index in [1.807, 2.05) is 13.0 Å². The van der Waals surface area contributed by atoms with Gasteiger partial charge >= 0.3 is 5.63 Å². The molecule has 2 rings (SSSR count). The summed E-state index contributed by atoms with van der Waals surface area (Å²) in [4.78, 5) is 12.1. The lowest BCUT2D eigenvalue weighted by Gasteiger charge is -2.09. The molecule has 6 heteroatoms. The summed E-state index contributed by atoms with van der Waals surface area (Å²) in [5.41, 5.74) is 1.91. The maximum Gasteiger partial charge on any atom is 0.383 e. The molecule has 0 atom stereocenters. The van der Waals surface area contributed by atoms with Gasteiger partial charge in [-0.2, -0.15) is 0 Å². The number of benzene rings is 1. The maximum absolute atomic E-state index is 12.1. The van der Waals surface area contributed by atoms with Gasteiger partial charge in [0.05, 0.1) is 12.0 Å². The highest BCUT2D eigenvalue weighted by Gasteiger charge is 2.16. The van der Waals surface area contributed by atoms with Crippen LogP contribution >= 0.6 is 0 Å². The minimum absolute atomic E-state index is 0.123. The van der Waals surface area contributed by atoms with Gasteiger partial charge in [-0.05, 0) is 57.9 Å². The molecule has 2 aromatic rings. The number of aromatic hydroxyl groups is 1. The topological polar surface area (TPSA) is 89.1 Å². The van der Waals surface area contributed by atoms with Gasteiger partial charge in [0.2, 0.25) is 5.75 Å². The Labute approximate surface area is 158 Å². The lowest BCUT2D eigenvalue weighted by atomic mass is 10.1. The van der Waals surface area contributed by atoms with Gasteiger partial charge in [0.1, 0.15) is 24.5 Å². The molecule has 146 valence electrons. The summed E-state index contributed by atoms with van der Waals surface area (Å²) in [5, 5.41) is 19.6. The average molecular weight is 374 g/mol. The fourth-order valence-corrected chi connectivity index (χ4v) is 2.49. The van der Waals surface area contributed by atoms with E-state index in [4.69, 9.17) is 19.0 Å². The van der Waals surface area contributed by atoms with Crippen LogP contribution in [0.4, 0.5) is 0 Å². The van der Waals surface area contributed by atoms with Crippen LogP contribution in [-0.2, 0) is 0 Å². The van der Waals surface area contributed by atoms with Gasteiger partial charge in [0.25, 0.3) is 0 Å². The predicted octanol–water partition coefficient (Wildman–Crippen LogP) is 3.94. The Bertz CT molecular complexity index is 887. The highest BCUT2D eigenvalue weighted by Crippen LogP contribution is 2.33. The van der Waals surface area contributed by atoms with Gasteiger partial charge in [-0.3, -0.25) is 0 Å². The van der Waals surface area contributed by atoms with E-state index < -0.39 is 5.63 Å². The van der Waals surface area contributed by atoms with E-state index in [2.05, 4.69) is 19.9 Å². The van der Waals surface area contributed by atoms with Crippen molar-refractivity contribution >= 4 is 11.0 Å². The largest absolute Gasteiger partial charge is 0.504 e. The third-order valence-electron chi connectivity index (χ3n) is 3.92. The van der Waals surface area contributed by atoms with Crippen molar-refractivity contribution in [1.82, 2.24) is 0 Å². The zero-order valence-corrected chi connectivity index (χ0v) is 15.9. The van der Waals surface area contributed by atoms with Crippen LogP contribution in [0.3, 0.4) is 0 Å². The van der Waals surface area contributed by atoms with Crippen LogP contribution in [0.15, 0.2) is 50.7 Å². The van der Waals surface area contributed by atoms with Gasteiger partial charge in [0, 0.05) is 0 Å². The van der Waals surface area contributed by atoms with E-state index in [9.17, 15) is 9.90 Å². The second-order valence-corrected chi connectivity index (χ2v) is 6.48. The molecule has 6 nitrogen and oxygen atoms in total. The van der Waals surface area contributed by atoms with Crippen LogP contribution in [0, 0.1) is 0 Å². The molecule has 0 aliphatic carbocycles. The highest BCUT2D eigenvalue weighted by atomic mass is 16.5. The zero-order valence-electron chi connectivity index (χ0n) is 15.9. The molecule has 0 aliphatic heterocycles. The van der Waals surface area contributed by atoms with Crippen molar-refractivity contribution in [2.45, 2.75) is 33.6 Å². The standard InChI is InChI=1S/C21H26O6/c1-14(2)5-4-6-15(3)9-11-26-20-19(23)17-13-16(25-12-10-22)7-8-18(17)27-21(20)24/h5,7-9,13,22-23H,4,6,10-12H2,1-3H3. The van der Waals surface area contributed by atoms with Crippen LogP contribution in [0.25, 0.3) is 11.0 Å². The molecular weight excluding hydrogens is 348 g/mol. The first-order chi connectivity index (χ1) is 12.9. The SMILES string of the molecule is CC(C)=CCCC(C)=CCOc1c(O)c2cc(OCCO)ccc2oc1=O. The molecular formula is C21H26O6. The molecule has 27 heavy (non-hydrogen) atoms. The summed E-state index contributed by atoms with van der Waals surface area (Å²) in [6, 6.07) is 4.66. The van der Waals surface area contributed by atoms with E-state index in [-0.39, 0.29) is 36.9 Å². The van der Waals surface area contributed by atoms with Gasteiger partial charge < -0.3 is 24.1 Å². The summed E-state index contributed by atoms with van der Waals surface area (Å²) in [5.74, 6) is -0.0666. The van der Waals surface area contributed by atoms with Gasteiger partial charge in [-0.15, -0.1) is 0 Å². The monoisotopic (exact) mass is 374 g/mol. The van der Waals surface area contributed by atoms with E-state index in [1.54, 1.807) is 6.07 Å². The number of hydrogen-bond donors (Lipinski definition) is 2. The van der Waals surface area contributed by atoms with Gasteiger partial charge in [-0.25, -0.2) is 4.79 Å². The number of ether oxygens (including phenoxy) is 2. The molecule has 0 spiro atoms.